The maximum absolute atomic E-state index is 13.3. The Bertz CT molecular complexity index is 1410. The van der Waals surface area contributed by atoms with Gasteiger partial charge in [-0.25, -0.2) is 0 Å². The Labute approximate surface area is 461 Å². The molecule has 0 aromatic carbocycles. The lowest BCUT2D eigenvalue weighted by Crippen LogP contribution is -2.65. The van der Waals surface area contributed by atoms with Crippen molar-refractivity contribution in [3.8, 4) is 0 Å². The average molecular weight is 1080 g/mol. The van der Waals surface area contributed by atoms with Gasteiger partial charge in [0.2, 0.25) is 5.91 Å². The van der Waals surface area contributed by atoms with Crippen molar-refractivity contribution in [3.63, 3.8) is 0 Å². The Morgan fingerprint density at radius 3 is 1.29 bits per heavy atom. The third-order valence-electron chi connectivity index (χ3n) is 15.3. The zero-order valence-electron chi connectivity index (χ0n) is 48.0. The topological polar surface area (TPSA) is 228 Å². The summed E-state index contributed by atoms with van der Waals surface area (Å²) in [6.07, 6.45) is 41.8. The molecule has 0 bridgehead atoms. The van der Waals surface area contributed by atoms with E-state index >= 15 is 0 Å². The van der Waals surface area contributed by atoms with Crippen LogP contribution in [0.15, 0.2) is 36.5 Å². The van der Waals surface area contributed by atoms with Crippen molar-refractivity contribution in [3.05, 3.63) is 36.5 Å². The molecule has 2 saturated heterocycles. The first-order valence-electron chi connectivity index (χ1n) is 31.2. The molecule has 0 radical (unpaired) electrons. The van der Waals surface area contributed by atoms with Gasteiger partial charge in [0, 0.05) is 6.42 Å². The van der Waals surface area contributed by atoms with Gasteiger partial charge in [-0.3, -0.25) is 4.79 Å². The molecule has 2 fully saturated rings. The van der Waals surface area contributed by atoms with Crippen LogP contribution >= 0.6 is 0 Å². The minimum absolute atomic E-state index is 0.249. The summed E-state index contributed by atoms with van der Waals surface area (Å²) in [5.74, 6) is -0.249. The van der Waals surface area contributed by atoms with Crippen LogP contribution in [0.4, 0.5) is 0 Å². The van der Waals surface area contributed by atoms with E-state index in [0.29, 0.717) is 12.8 Å². The number of nitrogens with one attached hydrogen (secondary N) is 1. The van der Waals surface area contributed by atoms with Gasteiger partial charge < -0.3 is 65.1 Å². The van der Waals surface area contributed by atoms with Crippen LogP contribution in [0.1, 0.15) is 258 Å². The Kier molecular flexibility index (Phi) is 44.4. The largest absolute Gasteiger partial charge is 0.394 e. The quantitative estimate of drug-likeness (QED) is 0.0204. The zero-order valence-corrected chi connectivity index (χ0v) is 48.0. The Balaban J connectivity index is 1.77. The van der Waals surface area contributed by atoms with E-state index in [1.807, 2.05) is 6.08 Å². The average Bonchev–Trinajstić information content (AvgIpc) is 3.42. The first-order chi connectivity index (χ1) is 37.1. The van der Waals surface area contributed by atoms with Crippen LogP contribution in [0, 0.1) is 0 Å². The minimum atomic E-state index is -1.79. The number of rotatable bonds is 50. The van der Waals surface area contributed by atoms with Crippen molar-refractivity contribution >= 4 is 5.91 Å². The van der Waals surface area contributed by atoms with E-state index in [0.717, 1.165) is 32.1 Å². The fraction of sp³-hybridized carbons (Fsp3) is 0.887. The molecule has 76 heavy (non-hydrogen) atoms. The van der Waals surface area contributed by atoms with Crippen molar-refractivity contribution in [1.82, 2.24) is 5.32 Å². The summed E-state index contributed by atoms with van der Waals surface area (Å²) >= 11 is 0. The van der Waals surface area contributed by atoms with Gasteiger partial charge >= 0.3 is 0 Å². The summed E-state index contributed by atoms with van der Waals surface area (Å²) in [4.78, 5) is 13.3. The van der Waals surface area contributed by atoms with Crippen molar-refractivity contribution in [2.24, 2.45) is 0 Å². The Hall–Kier alpha value is -1.79. The summed E-state index contributed by atoms with van der Waals surface area (Å²) < 4.78 is 22.8. The van der Waals surface area contributed by atoms with Crippen LogP contribution < -0.4 is 5.32 Å². The summed E-state index contributed by atoms with van der Waals surface area (Å²) in [6.45, 7) is 2.80. The summed E-state index contributed by atoms with van der Waals surface area (Å²) in [7, 11) is 0. The van der Waals surface area contributed by atoms with Gasteiger partial charge in [0.15, 0.2) is 12.6 Å². The molecule has 0 aromatic heterocycles. The van der Waals surface area contributed by atoms with Gasteiger partial charge in [-0.05, 0) is 57.8 Å². The van der Waals surface area contributed by atoms with Crippen LogP contribution in [0.5, 0.6) is 0 Å². The van der Waals surface area contributed by atoms with E-state index in [4.69, 9.17) is 18.9 Å². The molecule has 9 N–H and O–H groups in total. The SMILES string of the molecule is CCCCCCCCCC/C=C\CCCCCCCCCCCC(=O)NC(COC1OC(CO)C(OC2OC(CO)C(O)C(O)C2O)C(O)C1O)C(O)/C=C/CC/C=C/CCCCCCCCCCCCCCCCC. The molecule has 0 aliphatic carbocycles. The van der Waals surface area contributed by atoms with Gasteiger partial charge in [-0.15, -0.1) is 0 Å². The van der Waals surface area contributed by atoms with Crippen molar-refractivity contribution in [2.75, 3.05) is 19.8 Å². The molecule has 0 spiro atoms. The maximum Gasteiger partial charge on any atom is 0.220 e. The monoisotopic (exact) mass is 1080 g/mol. The highest BCUT2D eigenvalue weighted by molar-refractivity contribution is 5.76. The molecule has 12 unspecified atom stereocenters. The second-order valence-electron chi connectivity index (χ2n) is 22.2. The number of amides is 1. The molecule has 1 amide bonds. The molecule has 2 rings (SSSR count). The van der Waals surface area contributed by atoms with E-state index in [9.17, 15) is 45.6 Å². The second kappa shape index (κ2) is 48.0. The van der Waals surface area contributed by atoms with Crippen LogP contribution in [0.2, 0.25) is 0 Å². The van der Waals surface area contributed by atoms with Crippen LogP contribution in [-0.4, -0.2) is 140 Å². The molecule has 2 aliphatic heterocycles. The van der Waals surface area contributed by atoms with Gasteiger partial charge in [0.1, 0.15) is 48.8 Å². The lowest BCUT2D eigenvalue weighted by molar-refractivity contribution is -0.359. The number of unbranched alkanes of at least 4 members (excludes halogenated alkanes) is 33. The molecule has 2 aliphatic rings. The van der Waals surface area contributed by atoms with Crippen LogP contribution in [-0.2, 0) is 23.7 Å². The molecular formula is C62H115NO13. The number of carbonyl (C=O) groups excluding carboxylic acids is 1. The maximum atomic E-state index is 13.3. The van der Waals surface area contributed by atoms with E-state index in [2.05, 4.69) is 43.5 Å². The molecule has 14 nitrogen and oxygen atoms in total. The predicted octanol–water partition coefficient (Wildman–Crippen LogP) is 11.0. The lowest BCUT2D eigenvalue weighted by Gasteiger charge is -2.46. The number of carbonyl (C=O) groups is 1. The summed E-state index contributed by atoms with van der Waals surface area (Å²) in [6, 6.07) is -0.932. The molecular weight excluding hydrogens is 967 g/mol. The number of aliphatic hydroxyl groups is 8. The fourth-order valence-electron chi connectivity index (χ4n) is 10.2. The molecule has 446 valence electrons. The number of ether oxygens (including phenoxy) is 4. The van der Waals surface area contributed by atoms with Gasteiger partial charge in [0.05, 0.1) is 32.0 Å². The van der Waals surface area contributed by atoms with Crippen LogP contribution in [0.25, 0.3) is 0 Å². The predicted molar refractivity (Wildman–Crippen MR) is 305 cm³/mol. The highest BCUT2D eigenvalue weighted by Crippen LogP contribution is 2.30. The minimum Gasteiger partial charge on any atom is -0.394 e. The second-order valence-corrected chi connectivity index (χ2v) is 22.2. The number of aliphatic hydroxyl groups excluding tert-OH is 8. The zero-order chi connectivity index (χ0) is 55.3. The van der Waals surface area contributed by atoms with E-state index in [1.54, 1.807) is 6.08 Å². The third kappa shape index (κ3) is 33.1. The third-order valence-corrected chi connectivity index (χ3v) is 15.3. The van der Waals surface area contributed by atoms with Crippen molar-refractivity contribution in [1.29, 1.82) is 0 Å². The molecule has 0 saturated carbocycles. The highest BCUT2D eigenvalue weighted by Gasteiger charge is 2.51. The number of hydrogen-bond acceptors (Lipinski definition) is 13. The first kappa shape index (κ1) is 70.3. The molecule has 14 heteroatoms. The van der Waals surface area contributed by atoms with E-state index < -0.39 is 86.8 Å². The standard InChI is InChI=1S/C62H115NO13/c1-3-5-7-9-11-13-15-17-19-21-23-25-27-29-31-33-35-37-39-41-43-45-51(66)50(49-73-61-59(72)57(70)60(53(48-65)75-61)76-62-58(71)56(69)55(68)52(47-64)74-62)63-54(67)46-44-42-40-38-36-34-32-30-28-26-24-22-20-18-16-14-12-10-8-6-4-2/h22,24,35,37,43,45,50-53,55-62,64-66,68-72H,3-21,23,25-34,36,38-42,44,46-49H2,1-2H3,(H,63,67)/b24-22-,37-35+,45-43+. The molecule has 12 atom stereocenters. The lowest BCUT2D eigenvalue weighted by atomic mass is 9.97. The summed E-state index contributed by atoms with van der Waals surface area (Å²) in [5, 5.41) is 87.2. The fourth-order valence-corrected chi connectivity index (χ4v) is 10.2. The van der Waals surface area contributed by atoms with E-state index in [1.165, 1.54) is 193 Å². The molecule has 0 aromatic rings. The van der Waals surface area contributed by atoms with Gasteiger partial charge in [-0.2, -0.15) is 0 Å². The van der Waals surface area contributed by atoms with E-state index in [-0.39, 0.29) is 18.9 Å². The highest BCUT2D eigenvalue weighted by atomic mass is 16.7. The van der Waals surface area contributed by atoms with Gasteiger partial charge in [0.25, 0.3) is 0 Å². The summed E-state index contributed by atoms with van der Waals surface area (Å²) in [5.41, 5.74) is 0. The van der Waals surface area contributed by atoms with Gasteiger partial charge in [-0.1, -0.05) is 230 Å². The first-order valence-corrected chi connectivity index (χ1v) is 31.2. The molecule has 2 heterocycles. The normalized spacial score (nSPS) is 25.1. The van der Waals surface area contributed by atoms with Crippen LogP contribution in [0.3, 0.4) is 0 Å². The Morgan fingerprint density at radius 1 is 0.461 bits per heavy atom. The number of allylic oxidation sites excluding steroid dienone is 5. The Morgan fingerprint density at radius 2 is 0.842 bits per heavy atom. The van der Waals surface area contributed by atoms with Crippen molar-refractivity contribution < 1.29 is 64.6 Å². The smallest absolute Gasteiger partial charge is 0.220 e. The number of hydrogen-bond donors (Lipinski definition) is 9. The van der Waals surface area contributed by atoms with Crippen molar-refractivity contribution in [2.45, 2.75) is 331 Å².